The number of benzene rings is 1. The summed E-state index contributed by atoms with van der Waals surface area (Å²) in [6, 6.07) is 5.63. The highest BCUT2D eigenvalue weighted by molar-refractivity contribution is 5.72. The lowest BCUT2D eigenvalue weighted by molar-refractivity contribution is -0.118. The van der Waals surface area contributed by atoms with Crippen LogP contribution in [-0.4, -0.2) is 24.7 Å². The van der Waals surface area contributed by atoms with E-state index < -0.39 is 0 Å². The number of hydrogen-bond acceptors (Lipinski definition) is 3. The molecule has 4 heteroatoms. The molecule has 4 nitrogen and oxygen atoms in total. The smallest absolute Gasteiger partial charge is 0.216 e. The predicted octanol–water partition coefficient (Wildman–Crippen LogP) is 1.73. The van der Waals surface area contributed by atoms with Gasteiger partial charge in [-0.25, -0.2) is 0 Å². The van der Waals surface area contributed by atoms with Crippen molar-refractivity contribution in [1.29, 1.82) is 0 Å². The van der Waals surface area contributed by atoms with E-state index in [1.807, 2.05) is 30.4 Å². The van der Waals surface area contributed by atoms with E-state index in [-0.39, 0.29) is 12.5 Å². The summed E-state index contributed by atoms with van der Waals surface area (Å²) in [7, 11) is 1.58. The molecule has 0 aromatic heterocycles. The molecule has 0 aliphatic carbocycles. The van der Waals surface area contributed by atoms with E-state index in [9.17, 15) is 4.79 Å². The summed E-state index contributed by atoms with van der Waals surface area (Å²) in [6.45, 7) is 2.11. The molecule has 0 bridgehead atoms. The molecule has 0 heterocycles. The molecule has 1 rings (SSSR count). The third kappa shape index (κ3) is 4.59. The van der Waals surface area contributed by atoms with Crippen LogP contribution < -0.4 is 10.1 Å². The summed E-state index contributed by atoms with van der Waals surface area (Å²) in [4.78, 5) is 10.7. The van der Waals surface area contributed by atoms with E-state index in [2.05, 4.69) is 5.32 Å². The Kier molecular flexibility index (Phi) is 5.94. The number of amides is 1. The van der Waals surface area contributed by atoms with Crippen LogP contribution in [0.5, 0.6) is 5.75 Å². The Balaban J connectivity index is 2.56. The Hall–Kier alpha value is -1.81. The highest BCUT2D eigenvalue weighted by Gasteiger charge is 2.01. The zero-order valence-electron chi connectivity index (χ0n) is 10.8. The fourth-order valence-electron chi connectivity index (χ4n) is 1.55. The Bertz CT molecular complexity index is 427. The first kappa shape index (κ1) is 14.3. The molecular weight excluding hydrogens is 230 g/mol. The number of hydrogen-bond donors (Lipinski definition) is 2. The summed E-state index contributed by atoms with van der Waals surface area (Å²) in [5.74, 6) is 0.666. The van der Waals surface area contributed by atoms with Gasteiger partial charge in [-0.15, -0.1) is 0 Å². The normalized spacial score (nSPS) is 10.6. The van der Waals surface area contributed by atoms with Crippen molar-refractivity contribution in [3.63, 3.8) is 0 Å². The van der Waals surface area contributed by atoms with Crippen molar-refractivity contribution in [3.8, 4) is 5.75 Å². The minimum absolute atomic E-state index is 0.0163. The lowest BCUT2D eigenvalue weighted by Crippen LogP contribution is -2.20. The molecule has 1 aromatic rings. The molecule has 98 valence electrons. The van der Waals surface area contributed by atoms with Crippen LogP contribution in [0.1, 0.15) is 24.5 Å². The number of carbonyl (C=O) groups is 1. The second kappa shape index (κ2) is 7.50. The molecule has 1 aromatic carbocycles. The maximum absolute atomic E-state index is 10.7. The molecule has 0 unspecified atom stereocenters. The number of aliphatic hydroxyl groups is 1. The van der Waals surface area contributed by atoms with Gasteiger partial charge in [-0.2, -0.15) is 0 Å². The van der Waals surface area contributed by atoms with Crippen molar-refractivity contribution in [2.24, 2.45) is 0 Å². The molecule has 0 spiro atoms. The van der Waals surface area contributed by atoms with Gasteiger partial charge in [0.25, 0.3) is 0 Å². The summed E-state index contributed by atoms with van der Waals surface area (Å²) < 4.78 is 5.18. The second-order valence-electron chi connectivity index (χ2n) is 3.90. The first-order chi connectivity index (χ1) is 8.67. The first-order valence-corrected chi connectivity index (χ1v) is 5.86. The number of methoxy groups -OCH3 is 1. The number of rotatable bonds is 6. The lowest BCUT2D eigenvalue weighted by Gasteiger charge is -2.06. The van der Waals surface area contributed by atoms with Crippen LogP contribution in [0, 0.1) is 0 Å². The summed E-state index contributed by atoms with van der Waals surface area (Å²) >= 11 is 0. The van der Waals surface area contributed by atoms with Crippen molar-refractivity contribution in [3.05, 3.63) is 35.4 Å². The van der Waals surface area contributed by atoms with Crippen molar-refractivity contribution >= 4 is 12.0 Å². The van der Waals surface area contributed by atoms with Gasteiger partial charge in [0.2, 0.25) is 5.91 Å². The third-order valence-corrected chi connectivity index (χ3v) is 2.48. The van der Waals surface area contributed by atoms with E-state index >= 15 is 0 Å². The Morgan fingerprint density at radius 3 is 2.89 bits per heavy atom. The molecule has 0 aliphatic heterocycles. The van der Waals surface area contributed by atoms with E-state index in [4.69, 9.17) is 9.84 Å². The van der Waals surface area contributed by atoms with E-state index in [1.54, 1.807) is 7.11 Å². The quantitative estimate of drug-likeness (QED) is 0.755. The van der Waals surface area contributed by atoms with Crippen LogP contribution in [0.2, 0.25) is 0 Å². The van der Waals surface area contributed by atoms with Gasteiger partial charge < -0.3 is 15.2 Å². The van der Waals surface area contributed by atoms with Gasteiger partial charge >= 0.3 is 0 Å². The highest BCUT2D eigenvalue weighted by Crippen LogP contribution is 2.20. The van der Waals surface area contributed by atoms with Crippen molar-refractivity contribution in [1.82, 2.24) is 5.32 Å². The standard InChI is InChI=1S/C14H19NO3/c1-11(17)15-8-4-3-5-12-6-7-13(10-16)14(9-12)18-2/h3,5-7,9,16H,4,8,10H2,1-2H3,(H,15,17). The molecule has 0 aliphatic rings. The Morgan fingerprint density at radius 2 is 2.28 bits per heavy atom. The minimum atomic E-state index is -0.0320. The van der Waals surface area contributed by atoms with Crippen molar-refractivity contribution < 1.29 is 14.6 Å². The second-order valence-corrected chi connectivity index (χ2v) is 3.90. The van der Waals surface area contributed by atoms with Crippen LogP contribution in [-0.2, 0) is 11.4 Å². The fourth-order valence-corrected chi connectivity index (χ4v) is 1.55. The minimum Gasteiger partial charge on any atom is -0.496 e. The lowest BCUT2D eigenvalue weighted by atomic mass is 10.1. The van der Waals surface area contributed by atoms with Gasteiger partial charge in [0.1, 0.15) is 5.75 Å². The molecule has 0 saturated heterocycles. The average molecular weight is 249 g/mol. The number of ether oxygens (including phenoxy) is 1. The van der Waals surface area contributed by atoms with Gasteiger partial charge in [-0.3, -0.25) is 4.79 Å². The Labute approximate surface area is 107 Å². The van der Waals surface area contributed by atoms with E-state index in [0.717, 1.165) is 17.5 Å². The molecule has 0 fully saturated rings. The molecule has 0 saturated carbocycles. The maximum Gasteiger partial charge on any atom is 0.216 e. The van der Waals surface area contributed by atoms with Gasteiger partial charge in [0, 0.05) is 19.0 Å². The van der Waals surface area contributed by atoms with Crippen LogP contribution in [0.3, 0.4) is 0 Å². The van der Waals surface area contributed by atoms with Gasteiger partial charge in [-0.05, 0) is 18.1 Å². The van der Waals surface area contributed by atoms with Crippen molar-refractivity contribution in [2.45, 2.75) is 20.0 Å². The SMILES string of the molecule is COc1cc(C=CCCNC(C)=O)ccc1CO. The summed E-state index contributed by atoms with van der Waals surface area (Å²) in [6.07, 6.45) is 4.73. The Morgan fingerprint density at radius 1 is 1.50 bits per heavy atom. The van der Waals surface area contributed by atoms with Crippen LogP contribution in [0.15, 0.2) is 24.3 Å². The van der Waals surface area contributed by atoms with Crippen LogP contribution in [0.25, 0.3) is 6.08 Å². The zero-order chi connectivity index (χ0) is 13.4. The van der Waals surface area contributed by atoms with Crippen molar-refractivity contribution in [2.75, 3.05) is 13.7 Å². The monoisotopic (exact) mass is 249 g/mol. The van der Waals surface area contributed by atoms with Gasteiger partial charge in [0.05, 0.1) is 13.7 Å². The topological polar surface area (TPSA) is 58.6 Å². The molecule has 2 N–H and O–H groups in total. The predicted molar refractivity (Wildman–Crippen MR) is 71.3 cm³/mol. The van der Waals surface area contributed by atoms with E-state index in [0.29, 0.717) is 12.3 Å². The van der Waals surface area contributed by atoms with E-state index in [1.165, 1.54) is 6.92 Å². The highest BCUT2D eigenvalue weighted by atomic mass is 16.5. The number of nitrogens with one attached hydrogen (secondary N) is 1. The maximum atomic E-state index is 10.7. The fraction of sp³-hybridized carbons (Fsp3) is 0.357. The number of carbonyl (C=O) groups excluding carboxylic acids is 1. The molecular formula is C14H19NO3. The summed E-state index contributed by atoms with van der Waals surface area (Å²) in [5, 5.41) is 11.8. The molecule has 18 heavy (non-hydrogen) atoms. The first-order valence-electron chi connectivity index (χ1n) is 5.86. The number of aliphatic hydroxyl groups excluding tert-OH is 1. The average Bonchev–Trinajstić information content (AvgIpc) is 2.37. The molecule has 0 radical (unpaired) electrons. The largest absolute Gasteiger partial charge is 0.496 e. The van der Waals surface area contributed by atoms with Crippen LogP contribution in [0.4, 0.5) is 0 Å². The van der Waals surface area contributed by atoms with Gasteiger partial charge in [-0.1, -0.05) is 24.3 Å². The third-order valence-electron chi connectivity index (χ3n) is 2.48. The molecule has 0 atom stereocenters. The summed E-state index contributed by atoms with van der Waals surface area (Å²) in [5.41, 5.74) is 1.78. The van der Waals surface area contributed by atoms with Gasteiger partial charge in [0.15, 0.2) is 0 Å². The zero-order valence-corrected chi connectivity index (χ0v) is 10.8. The molecule has 1 amide bonds. The van der Waals surface area contributed by atoms with Crippen LogP contribution >= 0.6 is 0 Å².